The van der Waals surface area contributed by atoms with Gasteiger partial charge in [0.05, 0.1) is 0 Å². The second kappa shape index (κ2) is 8.31. The highest BCUT2D eigenvalue weighted by Gasteiger charge is 2.32. The van der Waals surface area contributed by atoms with Crippen molar-refractivity contribution >= 4 is 17.9 Å². The fourth-order valence-corrected chi connectivity index (χ4v) is 5.62. The molecule has 1 N–H and O–H groups in total. The molecule has 2 nitrogen and oxygen atoms in total. The Morgan fingerprint density at radius 3 is 1.65 bits per heavy atom. The molecule has 0 aromatic heterocycles. The maximum atomic E-state index is 14.3. The summed E-state index contributed by atoms with van der Waals surface area (Å²) in [5.74, 6) is 0.123. The predicted molar refractivity (Wildman–Crippen MR) is 111 cm³/mol. The Morgan fingerprint density at radius 2 is 1.23 bits per heavy atom. The second-order valence-electron chi connectivity index (χ2n) is 6.39. The summed E-state index contributed by atoms with van der Waals surface area (Å²) >= 11 is 0. The zero-order chi connectivity index (χ0) is 18.4. The normalized spacial score (nSPS) is 13.7. The van der Waals surface area contributed by atoms with Gasteiger partial charge in [-0.1, -0.05) is 79.7 Å². The van der Waals surface area contributed by atoms with E-state index in [1.807, 2.05) is 84.9 Å². The molecular weight excluding hydrogens is 337 g/mol. The largest absolute Gasteiger partial charge is 0.297 e. The van der Waals surface area contributed by atoms with Crippen LogP contribution < -0.4 is 15.7 Å². The summed E-state index contributed by atoms with van der Waals surface area (Å²) in [4.78, 5) is 0. The van der Waals surface area contributed by atoms with E-state index in [-0.39, 0.29) is 12.0 Å². The summed E-state index contributed by atoms with van der Waals surface area (Å²) in [5, 5.41) is 5.13. The van der Waals surface area contributed by atoms with E-state index in [2.05, 4.69) is 30.7 Å². The lowest BCUT2D eigenvalue weighted by molar-refractivity contribution is 0.505. The van der Waals surface area contributed by atoms with Crippen molar-refractivity contribution in [1.29, 1.82) is 0 Å². The van der Waals surface area contributed by atoms with Crippen LogP contribution in [0.3, 0.4) is 0 Å². The zero-order valence-corrected chi connectivity index (χ0v) is 15.8. The van der Waals surface area contributed by atoms with Crippen molar-refractivity contribution < 1.29 is 4.57 Å². The first-order valence-corrected chi connectivity index (χ1v) is 10.5. The molecular formula is C23H24NOP. The van der Waals surface area contributed by atoms with Crippen LogP contribution in [0.5, 0.6) is 0 Å². The molecule has 2 unspecified atom stereocenters. The van der Waals surface area contributed by atoms with E-state index in [9.17, 15) is 4.57 Å². The van der Waals surface area contributed by atoms with Gasteiger partial charge >= 0.3 is 0 Å². The number of benzene rings is 3. The van der Waals surface area contributed by atoms with E-state index in [1.54, 1.807) is 0 Å². The van der Waals surface area contributed by atoms with Gasteiger partial charge in [0.1, 0.15) is 0 Å². The smallest absolute Gasteiger partial charge is 0.205 e. The van der Waals surface area contributed by atoms with E-state index in [0.717, 1.165) is 16.2 Å². The molecule has 26 heavy (non-hydrogen) atoms. The quantitative estimate of drug-likeness (QED) is 0.470. The third kappa shape index (κ3) is 3.88. The molecule has 0 saturated heterocycles. The van der Waals surface area contributed by atoms with Crippen LogP contribution in [0.2, 0.25) is 0 Å². The third-order valence-electron chi connectivity index (χ3n) is 4.62. The number of nitrogens with one attached hydrogen (secondary N) is 1. The molecule has 0 spiro atoms. The average Bonchev–Trinajstić information content (AvgIpc) is 2.73. The summed E-state index contributed by atoms with van der Waals surface area (Å²) < 4.78 is 14.3. The molecule has 0 heterocycles. The van der Waals surface area contributed by atoms with E-state index >= 15 is 0 Å². The molecule has 132 valence electrons. The van der Waals surface area contributed by atoms with Crippen LogP contribution in [0.1, 0.15) is 18.5 Å². The first-order valence-electron chi connectivity index (χ1n) is 8.82. The van der Waals surface area contributed by atoms with E-state index < -0.39 is 7.29 Å². The van der Waals surface area contributed by atoms with Gasteiger partial charge in [-0.05, 0) is 35.7 Å². The Morgan fingerprint density at radius 1 is 0.808 bits per heavy atom. The summed E-state index contributed by atoms with van der Waals surface area (Å²) in [5.41, 5.74) is 1.10. The van der Waals surface area contributed by atoms with Crippen molar-refractivity contribution in [3.05, 3.63) is 109 Å². The Labute approximate surface area is 156 Å². The molecule has 0 saturated carbocycles. The Bertz CT molecular complexity index is 834. The van der Waals surface area contributed by atoms with Gasteiger partial charge in [0, 0.05) is 16.7 Å². The van der Waals surface area contributed by atoms with Gasteiger partial charge in [0.25, 0.3) is 0 Å². The molecule has 0 aliphatic heterocycles. The molecule has 0 bridgehead atoms. The monoisotopic (exact) mass is 361 g/mol. The van der Waals surface area contributed by atoms with Crippen molar-refractivity contribution in [2.45, 2.75) is 13.0 Å². The maximum absolute atomic E-state index is 14.3. The molecule has 3 aromatic carbocycles. The van der Waals surface area contributed by atoms with Crippen LogP contribution in [0.15, 0.2) is 104 Å². The number of hydrogen-bond acceptors (Lipinski definition) is 1. The van der Waals surface area contributed by atoms with Crippen molar-refractivity contribution in [2.24, 2.45) is 5.92 Å². The lowest BCUT2D eigenvalue weighted by Crippen LogP contribution is -2.33. The van der Waals surface area contributed by atoms with Crippen LogP contribution >= 0.6 is 7.29 Å². The van der Waals surface area contributed by atoms with Gasteiger partial charge in [0.2, 0.25) is 7.29 Å². The average molecular weight is 361 g/mol. The SMILES string of the molecule is C=CC(C)C(NP(=O)(c1ccccc1)c1ccccc1)c1ccccc1. The summed E-state index contributed by atoms with van der Waals surface area (Å²) in [6, 6.07) is 29.4. The minimum absolute atomic E-state index is 0.0973. The molecule has 0 radical (unpaired) electrons. The van der Waals surface area contributed by atoms with Crippen molar-refractivity contribution in [2.75, 3.05) is 0 Å². The molecule has 0 amide bonds. The predicted octanol–water partition coefficient (Wildman–Crippen LogP) is 5.07. The highest BCUT2D eigenvalue weighted by atomic mass is 31.2. The highest BCUT2D eigenvalue weighted by Crippen LogP contribution is 2.43. The zero-order valence-electron chi connectivity index (χ0n) is 15.0. The molecule has 0 aliphatic rings. The minimum atomic E-state index is -3.01. The molecule has 3 rings (SSSR count). The van der Waals surface area contributed by atoms with Crippen molar-refractivity contribution in [3.63, 3.8) is 0 Å². The first kappa shape index (κ1) is 18.4. The lowest BCUT2D eigenvalue weighted by atomic mass is 9.96. The molecule has 0 aliphatic carbocycles. The minimum Gasteiger partial charge on any atom is -0.297 e. The summed E-state index contributed by atoms with van der Waals surface area (Å²) in [6.07, 6.45) is 1.91. The van der Waals surface area contributed by atoms with Gasteiger partial charge in [-0.25, -0.2) is 0 Å². The fraction of sp³-hybridized carbons (Fsp3) is 0.130. The molecule has 2 atom stereocenters. The van der Waals surface area contributed by atoms with Crippen LogP contribution in [0.4, 0.5) is 0 Å². The van der Waals surface area contributed by atoms with Gasteiger partial charge in [-0.15, -0.1) is 6.58 Å². The van der Waals surface area contributed by atoms with Crippen LogP contribution in [-0.4, -0.2) is 0 Å². The standard InChI is InChI=1S/C23H24NOP/c1-3-19(2)23(20-13-7-4-8-14-20)24-26(25,21-15-9-5-10-16-21)22-17-11-6-12-18-22/h3-19,23H,1H2,2H3,(H,24,25). The van der Waals surface area contributed by atoms with Gasteiger partial charge < -0.3 is 0 Å². The second-order valence-corrected chi connectivity index (χ2v) is 8.90. The third-order valence-corrected chi connectivity index (χ3v) is 7.31. The molecule has 3 heteroatoms. The Balaban J connectivity index is 2.10. The van der Waals surface area contributed by atoms with Crippen LogP contribution in [0.25, 0.3) is 0 Å². The first-order chi connectivity index (χ1) is 12.6. The molecule has 3 aromatic rings. The van der Waals surface area contributed by atoms with Gasteiger partial charge in [-0.3, -0.25) is 9.65 Å². The van der Waals surface area contributed by atoms with Gasteiger partial charge in [-0.2, -0.15) is 0 Å². The van der Waals surface area contributed by atoms with E-state index in [0.29, 0.717) is 0 Å². The number of hydrogen-bond donors (Lipinski definition) is 1. The summed E-state index contributed by atoms with van der Waals surface area (Å²) in [6.45, 7) is 6.05. The fourth-order valence-electron chi connectivity index (χ4n) is 3.06. The highest BCUT2D eigenvalue weighted by molar-refractivity contribution is 7.76. The Hall–Kier alpha value is -2.41. The molecule has 0 fully saturated rings. The van der Waals surface area contributed by atoms with E-state index in [1.165, 1.54) is 0 Å². The van der Waals surface area contributed by atoms with Crippen LogP contribution in [0, 0.1) is 5.92 Å². The van der Waals surface area contributed by atoms with Gasteiger partial charge in [0.15, 0.2) is 0 Å². The van der Waals surface area contributed by atoms with Crippen molar-refractivity contribution in [3.8, 4) is 0 Å². The number of rotatable bonds is 7. The lowest BCUT2D eigenvalue weighted by Gasteiger charge is -2.30. The maximum Gasteiger partial charge on any atom is 0.205 e. The van der Waals surface area contributed by atoms with Crippen LogP contribution in [-0.2, 0) is 4.57 Å². The topological polar surface area (TPSA) is 29.1 Å². The Kier molecular flexibility index (Phi) is 5.88. The van der Waals surface area contributed by atoms with Crippen molar-refractivity contribution in [1.82, 2.24) is 5.09 Å². The summed E-state index contributed by atoms with van der Waals surface area (Å²) in [7, 11) is -3.01. The van der Waals surface area contributed by atoms with E-state index in [4.69, 9.17) is 0 Å².